The average molecular weight is 565 g/mol. The van der Waals surface area contributed by atoms with Crippen molar-refractivity contribution in [1.82, 2.24) is 20.0 Å². The van der Waals surface area contributed by atoms with Gasteiger partial charge in [-0.1, -0.05) is 36.3 Å². The molecular formula is C33H48N4O4. The number of carbonyl (C=O) groups excluding carboxylic acids is 2. The van der Waals surface area contributed by atoms with Gasteiger partial charge in [0.2, 0.25) is 0 Å². The first-order valence-electron chi connectivity index (χ1n) is 15.6. The summed E-state index contributed by atoms with van der Waals surface area (Å²) in [5, 5.41) is 13.0. The molecule has 4 aliphatic rings. The highest BCUT2D eigenvalue weighted by Gasteiger charge is 2.57. The number of amides is 3. The Hall–Kier alpha value is -2.60. The molecule has 1 aromatic carbocycles. The van der Waals surface area contributed by atoms with Gasteiger partial charge in [-0.3, -0.25) is 9.69 Å². The maximum absolute atomic E-state index is 13.7. The van der Waals surface area contributed by atoms with Crippen molar-refractivity contribution in [3.05, 3.63) is 35.9 Å². The van der Waals surface area contributed by atoms with E-state index in [-0.39, 0.29) is 29.6 Å². The molecule has 1 spiro atoms. The van der Waals surface area contributed by atoms with Gasteiger partial charge in [-0.15, -0.1) is 0 Å². The maximum Gasteiger partial charge on any atom is 0.320 e. The standard InChI is InChI=1S/C33H48N4O4/c1-24(2)37-31(39)35(22-25-14-18-41-19-15-25)23-33(37)20-27-10-11-28(21-33)36(27)17-13-29(26-8-6-5-7-9-26)34-30(38)12-16-32(3,4)40/h5-9,24-25,27-29,40H,10-11,13-15,17-23H2,1-4H3,(H,34,38)/t27?,28?,29-,33?/m0/s1. The van der Waals surface area contributed by atoms with Gasteiger partial charge < -0.3 is 25.0 Å². The smallest absolute Gasteiger partial charge is 0.320 e. The molecule has 4 saturated heterocycles. The number of aliphatic hydroxyl groups is 1. The fourth-order valence-electron chi connectivity index (χ4n) is 7.80. The number of ether oxygens (including phenoxy) is 1. The molecule has 2 N–H and O–H groups in total. The van der Waals surface area contributed by atoms with Gasteiger partial charge in [0.1, 0.15) is 5.60 Å². The number of piperidine rings is 1. The lowest BCUT2D eigenvalue weighted by atomic mass is 9.81. The number of hydrogen-bond acceptors (Lipinski definition) is 5. The second-order valence-electron chi connectivity index (χ2n) is 13.5. The van der Waals surface area contributed by atoms with Crippen LogP contribution in [0.25, 0.3) is 0 Å². The van der Waals surface area contributed by atoms with Crippen molar-refractivity contribution in [1.29, 1.82) is 0 Å². The number of nitrogens with one attached hydrogen (secondary N) is 1. The van der Waals surface area contributed by atoms with Crippen LogP contribution in [0, 0.1) is 17.8 Å². The van der Waals surface area contributed by atoms with Gasteiger partial charge in [-0.25, -0.2) is 4.79 Å². The second kappa shape index (κ2) is 12.3. The Morgan fingerprint density at radius 2 is 1.78 bits per heavy atom. The van der Waals surface area contributed by atoms with Crippen molar-refractivity contribution in [2.45, 2.75) is 108 Å². The van der Waals surface area contributed by atoms with E-state index in [4.69, 9.17) is 4.74 Å². The fourth-order valence-corrected chi connectivity index (χ4v) is 7.80. The Bertz CT molecular complexity index is 1120. The largest absolute Gasteiger partial charge is 0.381 e. The number of carbonyl (C=O) groups is 2. The Morgan fingerprint density at radius 3 is 2.39 bits per heavy atom. The van der Waals surface area contributed by atoms with Crippen molar-refractivity contribution < 1.29 is 19.4 Å². The fraction of sp³-hybridized carbons (Fsp3) is 0.697. The highest BCUT2D eigenvalue weighted by Crippen LogP contribution is 2.48. The monoisotopic (exact) mass is 564 g/mol. The molecule has 4 fully saturated rings. The zero-order valence-corrected chi connectivity index (χ0v) is 25.3. The van der Waals surface area contributed by atoms with Crippen LogP contribution in [0.1, 0.15) is 84.2 Å². The molecule has 0 saturated carbocycles. The van der Waals surface area contributed by atoms with Crippen molar-refractivity contribution in [3.63, 3.8) is 0 Å². The summed E-state index contributed by atoms with van der Waals surface area (Å²) >= 11 is 0. The molecule has 5 rings (SSSR count). The van der Waals surface area contributed by atoms with Crippen LogP contribution in [0.2, 0.25) is 0 Å². The van der Waals surface area contributed by atoms with Crippen molar-refractivity contribution in [3.8, 4) is 11.8 Å². The van der Waals surface area contributed by atoms with Gasteiger partial charge in [0.05, 0.1) is 11.6 Å². The summed E-state index contributed by atoms with van der Waals surface area (Å²) < 4.78 is 5.56. The first kappa shape index (κ1) is 29.9. The zero-order chi connectivity index (χ0) is 29.2. The minimum atomic E-state index is -1.21. The summed E-state index contributed by atoms with van der Waals surface area (Å²) in [6.45, 7) is 11.7. The van der Waals surface area contributed by atoms with Crippen LogP contribution in [0.3, 0.4) is 0 Å². The van der Waals surface area contributed by atoms with Gasteiger partial charge in [-0.2, -0.15) is 0 Å². The summed E-state index contributed by atoms with van der Waals surface area (Å²) in [6.07, 6.45) is 7.20. The lowest BCUT2D eigenvalue weighted by Crippen LogP contribution is -2.60. The summed E-state index contributed by atoms with van der Waals surface area (Å²) in [5.74, 6) is 5.35. The highest BCUT2D eigenvalue weighted by atomic mass is 16.5. The molecule has 2 unspecified atom stereocenters. The minimum absolute atomic E-state index is 0.0987. The second-order valence-corrected chi connectivity index (χ2v) is 13.5. The van der Waals surface area contributed by atoms with Gasteiger partial charge in [0.15, 0.2) is 0 Å². The number of urea groups is 1. The normalized spacial score (nSPS) is 27.8. The quantitative estimate of drug-likeness (QED) is 0.467. The predicted molar refractivity (Wildman–Crippen MR) is 159 cm³/mol. The van der Waals surface area contributed by atoms with E-state index < -0.39 is 5.60 Å². The van der Waals surface area contributed by atoms with Crippen molar-refractivity contribution in [2.75, 3.05) is 32.8 Å². The topological polar surface area (TPSA) is 85.4 Å². The van der Waals surface area contributed by atoms with Crippen LogP contribution in [0.5, 0.6) is 0 Å². The summed E-state index contributed by atoms with van der Waals surface area (Å²) in [4.78, 5) is 33.5. The zero-order valence-electron chi connectivity index (χ0n) is 25.3. The molecule has 8 nitrogen and oxygen atoms in total. The summed E-state index contributed by atoms with van der Waals surface area (Å²) in [6, 6.07) is 11.2. The molecule has 3 atom stereocenters. The molecule has 4 heterocycles. The van der Waals surface area contributed by atoms with E-state index in [1.165, 1.54) is 0 Å². The maximum atomic E-state index is 13.7. The van der Waals surface area contributed by atoms with Gasteiger partial charge in [0, 0.05) is 51.0 Å². The number of benzene rings is 1. The number of nitrogens with zero attached hydrogens (tertiary/aromatic N) is 3. The molecule has 0 aromatic heterocycles. The third-order valence-electron chi connectivity index (χ3n) is 9.48. The number of fused-ring (bicyclic) bond motifs is 2. The molecule has 4 aliphatic heterocycles. The van der Waals surface area contributed by atoms with Crippen LogP contribution >= 0.6 is 0 Å². The van der Waals surface area contributed by atoms with Crippen molar-refractivity contribution in [2.24, 2.45) is 5.92 Å². The molecule has 224 valence electrons. The Morgan fingerprint density at radius 1 is 1.12 bits per heavy atom. The van der Waals surface area contributed by atoms with Crippen LogP contribution in [-0.2, 0) is 9.53 Å². The Labute approximate surface area is 245 Å². The van der Waals surface area contributed by atoms with E-state index in [1.807, 2.05) is 30.3 Å². The molecule has 8 heteroatoms. The van der Waals surface area contributed by atoms with Gasteiger partial charge in [0.25, 0.3) is 5.91 Å². The SMILES string of the molecule is CC(C)N1C(=O)N(CC2CCOCC2)CC12CC1CCC(C2)N1CC[C@H](NC(=O)C#CC(C)(C)O)c1ccccc1. The summed E-state index contributed by atoms with van der Waals surface area (Å²) in [5.41, 5.74) is -0.254. The number of hydrogen-bond donors (Lipinski definition) is 2. The molecule has 1 aromatic rings. The third kappa shape index (κ3) is 6.90. The highest BCUT2D eigenvalue weighted by molar-refractivity contribution is 5.94. The van der Waals surface area contributed by atoms with E-state index in [9.17, 15) is 14.7 Å². The summed E-state index contributed by atoms with van der Waals surface area (Å²) in [7, 11) is 0. The molecular weight excluding hydrogens is 516 g/mol. The van der Waals surface area contributed by atoms with Crippen LogP contribution in [-0.4, -0.2) is 93.9 Å². The molecule has 2 bridgehead atoms. The first-order valence-corrected chi connectivity index (χ1v) is 15.6. The lowest BCUT2D eigenvalue weighted by molar-refractivity contribution is -0.116. The van der Waals surface area contributed by atoms with E-state index in [1.54, 1.807) is 13.8 Å². The van der Waals surface area contributed by atoms with Crippen LogP contribution < -0.4 is 5.32 Å². The van der Waals surface area contributed by atoms with Crippen LogP contribution in [0.4, 0.5) is 4.79 Å². The van der Waals surface area contributed by atoms with Crippen LogP contribution in [0.15, 0.2) is 30.3 Å². The Kier molecular flexibility index (Phi) is 8.98. The lowest BCUT2D eigenvalue weighted by Gasteiger charge is -2.49. The first-order chi connectivity index (χ1) is 19.5. The van der Waals surface area contributed by atoms with Gasteiger partial charge in [-0.05, 0) is 90.0 Å². The molecule has 3 amide bonds. The van der Waals surface area contributed by atoms with Crippen molar-refractivity contribution >= 4 is 11.9 Å². The average Bonchev–Trinajstić information content (AvgIpc) is 3.34. The molecule has 0 radical (unpaired) electrons. The molecule has 41 heavy (non-hydrogen) atoms. The van der Waals surface area contributed by atoms with E-state index in [0.29, 0.717) is 18.0 Å². The predicted octanol–water partition coefficient (Wildman–Crippen LogP) is 3.95. The molecule has 0 aliphatic carbocycles. The van der Waals surface area contributed by atoms with E-state index in [0.717, 1.165) is 83.4 Å². The third-order valence-corrected chi connectivity index (χ3v) is 9.48. The minimum Gasteiger partial charge on any atom is -0.381 e. The van der Waals surface area contributed by atoms with Gasteiger partial charge >= 0.3 is 6.03 Å². The van der Waals surface area contributed by atoms with E-state index in [2.05, 4.69) is 45.7 Å². The number of rotatable bonds is 8. The Balaban J connectivity index is 1.27. The van der Waals surface area contributed by atoms with E-state index >= 15 is 0 Å².